The molecule has 0 bridgehead atoms. The van der Waals surface area contributed by atoms with E-state index in [1.807, 2.05) is 36.2 Å². The Morgan fingerprint density at radius 2 is 2.20 bits per heavy atom. The summed E-state index contributed by atoms with van der Waals surface area (Å²) >= 11 is 0. The average molecular weight is 341 g/mol. The Hall–Kier alpha value is -2.83. The van der Waals surface area contributed by atoms with E-state index in [-0.39, 0.29) is 12.1 Å². The van der Waals surface area contributed by atoms with Crippen molar-refractivity contribution in [1.29, 1.82) is 0 Å². The lowest BCUT2D eigenvalue weighted by Crippen LogP contribution is -2.37. The molecule has 1 unspecified atom stereocenters. The molecule has 0 saturated carbocycles. The lowest BCUT2D eigenvalue weighted by atomic mass is 10.0. The third kappa shape index (κ3) is 3.99. The molecule has 1 amide bonds. The van der Waals surface area contributed by atoms with Gasteiger partial charge < -0.3 is 21.1 Å². The van der Waals surface area contributed by atoms with E-state index in [0.717, 1.165) is 30.6 Å². The van der Waals surface area contributed by atoms with Gasteiger partial charge >= 0.3 is 0 Å². The van der Waals surface area contributed by atoms with Gasteiger partial charge in [0.25, 0.3) is 11.9 Å². The molecule has 1 aromatic carbocycles. The molecule has 25 heavy (non-hydrogen) atoms. The van der Waals surface area contributed by atoms with Gasteiger partial charge in [-0.3, -0.25) is 4.79 Å². The summed E-state index contributed by atoms with van der Waals surface area (Å²) < 4.78 is 5.21. The van der Waals surface area contributed by atoms with Crippen LogP contribution in [0.4, 0.5) is 5.69 Å². The van der Waals surface area contributed by atoms with Crippen molar-refractivity contribution >= 4 is 23.3 Å². The Morgan fingerprint density at radius 3 is 2.88 bits per heavy atom. The average Bonchev–Trinajstić information content (AvgIpc) is 3.05. The fraction of sp³-hybridized carbons (Fsp3) is 0.389. The molecule has 2 heterocycles. The van der Waals surface area contributed by atoms with E-state index in [1.54, 1.807) is 0 Å². The first kappa shape index (κ1) is 17.0. The van der Waals surface area contributed by atoms with Crippen molar-refractivity contribution in [3.05, 3.63) is 41.7 Å². The number of nitrogens with zero attached hydrogens (tertiary/aromatic N) is 3. The summed E-state index contributed by atoms with van der Waals surface area (Å²) in [5.41, 5.74) is 14.5. The van der Waals surface area contributed by atoms with E-state index in [2.05, 4.69) is 16.1 Å². The van der Waals surface area contributed by atoms with Gasteiger partial charge in [-0.15, -0.1) is 0 Å². The molecular formula is C18H23N5O2. The summed E-state index contributed by atoms with van der Waals surface area (Å²) in [6.45, 7) is 2.93. The predicted octanol–water partition coefficient (Wildman–Crippen LogP) is 1.33. The summed E-state index contributed by atoms with van der Waals surface area (Å²) in [6, 6.07) is 8.51. The van der Waals surface area contributed by atoms with Crippen LogP contribution in [0.2, 0.25) is 0 Å². The maximum atomic E-state index is 11.6. The lowest BCUT2D eigenvalue weighted by molar-refractivity contribution is -0.112. The van der Waals surface area contributed by atoms with Gasteiger partial charge in [0, 0.05) is 11.9 Å². The predicted molar refractivity (Wildman–Crippen MR) is 98.5 cm³/mol. The standard InChI is InChI=1S/C18H23N5O2/c1-2-13-9-23(10-15(21-13)17(19)24)16-6-4-3-5-12(16)7-8-14-11-25-18(20)22-14/h3-6,9,14H,2,7-8,10-11H2,1H3,(H2,19,24)(H2,20,22). The van der Waals surface area contributed by atoms with Gasteiger partial charge in [-0.05, 0) is 30.9 Å². The van der Waals surface area contributed by atoms with Crippen LogP contribution in [0.3, 0.4) is 0 Å². The van der Waals surface area contributed by atoms with Crippen LogP contribution in [0.25, 0.3) is 0 Å². The Kier molecular flexibility index (Phi) is 5.02. The quantitative estimate of drug-likeness (QED) is 0.814. The summed E-state index contributed by atoms with van der Waals surface area (Å²) in [6.07, 6.45) is 4.42. The number of hydrogen-bond donors (Lipinski definition) is 2. The third-order valence-electron chi connectivity index (χ3n) is 4.33. The fourth-order valence-corrected chi connectivity index (χ4v) is 2.99. The molecule has 0 radical (unpaired) electrons. The molecule has 0 spiro atoms. The number of amides is 1. The first-order valence-corrected chi connectivity index (χ1v) is 8.45. The molecule has 2 aliphatic heterocycles. The van der Waals surface area contributed by atoms with E-state index in [9.17, 15) is 4.79 Å². The normalized spacial score (nSPS) is 19.8. The third-order valence-corrected chi connectivity index (χ3v) is 4.33. The number of carbonyl (C=O) groups excluding carboxylic acids is 1. The molecule has 0 saturated heterocycles. The van der Waals surface area contributed by atoms with E-state index in [0.29, 0.717) is 18.9 Å². The summed E-state index contributed by atoms with van der Waals surface area (Å²) in [5, 5.41) is 0. The van der Waals surface area contributed by atoms with Crippen molar-refractivity contribution in [2.24, 2.45) is 21.5 Å². The molecule has 7 heteroatoms. The number of carbonyl (C=O) groups is 1. The molecule has 4 N–H and O–H groups in total. The van der Waals surface area contributed by atoms with Crippen LogP contribution in [0.15, 0.2) is 46.1 Å². The van der Waals surface area contributed by atoms with Crippen LogP contribution in [-0.4, -0.2) is 36.8 Å². The van der Waals surface area contributed by atoms with Crippen LogP contribution in [0.5, 0.6) is 0 Å². The van der Waals surface area contributed by atoms with E-state index in [4.69, 9.17) is 16.2 Å². The Labute approximate surface area is 147 Å². The highest BCUT2D eigenvalue weighted by molar-refractivity contribution is 6.40. The van der Waals surface area contributed by atoms with Gasteiger partial charge in [0.05, 0.1) is 18.3 Å². The van der Waals surface area contributed by atoms with Crippen LogP contribution in [-0.2, 0) is 16.0 Å². The molecule has 2 aliphatic rings. The lowest BCUT2D eigenvalue weighted by Gasteiger charge is -2.27. The van der Waals surface area contributed by atoms with Crippen molar-refractivity contribution in [1.82, 2.24) is 0 Å². The van der Waals surface area contributed by atoms with Gasteiger partial charge in [0.15, 0.2) is 0 Å². The van der Waals surface area contributed by atoms with Crippen LogP contribution in [0, 0.1) is 0 Å². The van der Waals surface area contributed by atoms with Crippen molar-refractivity contribution in [2.75, 3.05) is 18.1 Å². The van der Waals surface area contributed by atoms with Crippen LogP contribution < -0.4 is 16.4 Å². The van der Waals surface area contributed by atoms with Crippen molar-refractivity contribution in [3.8, 4) is 0 Å². The number of aliphatic imine (C=N–C) groups is 2. The molecule has 0 aromatic heterocycles. The number of aryl methyl sites for hydroxylation is 1. The fourth-order valence-electron chi connectivity index (χ4n) is 2.99. The SMILES string of the molecule is CCC1=CN(c2ccccc2CCC2COC(N)=N2)CC(C(N)=O)=N1. The summed E-state index contributed by atoms with van der Waals surface area (Å²) in [5.74, 6) is -0.477. The number of para-hydroxylation sites is 1. The number of nitrogens with two attached hydrogens (primary N) is 2. The number of rotatable bonds is 6. The molecule has 132 valence electrons. The summed E-state index contributed by atoms with van der Waals surface area (Å²) in [4.78, 5) is 22.3. The number of benzene rings is 1. The van der Waals surface area contributed by atoms with E-state index < -0.39 is 5.91 Å². The number of anilines is 1. The van der Waals surface area contributed by atoms with Gasteiger partial charge in [-0.2, -0.15) is 0 Å². The molecule has 7 nitrogen and oxygen atoms in total. The second-order valence-electron chi connectivity index (χ2n) is 6.12. The van der Waals surface area contributed by atoms with Crippen LogP contribution >= 0.6 is 0 Å². The monoisotopic (exact) mass is 341 g/mol. The second-order valence-corrected chi connectivity index (χ2v) is 6.12. The Morgan fingerprint density at radius 1 is 1.40 bits per heavy atom. The minimum Gasteiger partial charge on any atom is -0.463 e. The minimum absolute atomic E-state index is 0.0962. The molecule has 3 rings (SSSR count). The highest BCUT2D eigenvalue weighted by atomic mass is 16.5. The highest BCUT2D eigenvalue weighted by Gasteiger charge is 2.21. The number of primary amides is 1. The number of ether oxygens (including phenoxy) is 1. The smallest absolute Gasteiger partial charge is 0.282 e. The maximum absolute atomic E-state index is 11.6. The van der Waals surface area contributed by atoms with E-state index >= 15 is 0 Å². The zero-order valence-corrected chi connectivity index (χ0v) is 14.3. The number of hydrogen-bond acceptors (Lipinski definition) is 6. The minimum atomic E-state index is -0.477. The largest absolute Gasteiger partial charge is 0.463 e. The maximum Gasteiger partial charge on any atom is 0.282 e. The van der Waals surface area contributed by atoms with Gasteiger partial charge in [-0.25, -0.2) is 9.98 Å². The molecule has 0 aliphatic carbocycles. The number of allylic oxidation sites excluding steroid dienone is 1. The molecular weight excluding hydrogens is 318 g/mol. The number of amidine groups is 1. The van der Waals surface area contributed by atoms with Crippen molar-refractivity contribution in [2.45, 2.75) is 32.2 Å². The Balaban J connectivity index is 1.79. The molecule has 0 fully saturated rings. The van der Waals surface area contributed by atoms with Gasteiger partial charge in [-0.1, -0.05) is 25.1 Å². The summed E-state index contributed by atoms with van der Waals surface area (Å²) in [7, 11) is 0. The van der Waals surface area contributed by atoms with Gasteiger partial charge in [0.2, 0.25) is 0 Å². The Bertz CT molecular complexity index is 754. The van der Waals surface area contributed by atoms with E-state index in [1.165, 1.54) is 5.56 Å². The zero-order valence-electron chi connectivity index (χ0n) is 14.3. The highest BCUT2D eigenvalue weighted by Crippen LogP contribution is 2.26. The first-order valence-electron chi connectivity index (χ1n) is 8.45. The molecule has 1 atom stereocenters. The zero-order chi connectivity index (χ0) is 17.8. The van der Waals surface area contributed by atoms with Crippen molar-refractivity contribution < 1.29 is 9.53 Å². The second kappa shape index (κ2) is 7.38. The first-order chi connectivity index (χ1) is 12.1. The van der Waals surface area contributed by atoms with Gasteiger partial charge in [0.1, 0.15) is 12.3 Å². The van der Waals surface area contributed by atoms with Crippen LogP contribution in [0.1, 0.15) is 25.3 Å². The topological polar surface area (TPSA) is 106 Å². The van der Waals surface area contributed by atoms with Crippen molar-refractivity contribution in [3.63, 3.8) is 0 Å². The molecule has 1 aromatic rings.